The zero-order valence-corrected chi connectivity index (χ0v) is 10.5. The second kappa shape index (κ2) is 4.96. The number of hydrogen-bond donors (Lipinski definition) is 1. The molecule has 4 nitrogen and oxygen atoms in total. The predicted molar refractivity (Wildman–Crippen MR) is 68.1 cm³/mol. The first-order chi connectivity index (χ1) is 8.54. The van der Waals surface area contributed by atoms with Gasteiger partial charge in [0.2, 0.25) is 10.0 Å². The highest BCUT2D eigenvalue weighted by Crippen LogP contribution is 2.25. The maximum absolute atomic E-state index is 13.7. The molecule has 0 unspecified atom stereocenters. The number of halogens is 1. The smallest absolute Gasteiger partial charge is 0.235 e. The number of nitrogens with two attached hydrogens (primary N) is 1. The van der Waals surface area contributed by atoms with Crippen molar-refractivity contribution in [2.75, 3.05) is 23.1 Å². The Morgan fingerprint density at radius 3 is 2.78 bits per heavy atom. The third kappa shape index (κ3) is 2.47. The Balaban J connectivity index is 2.35. The molecule has 1 aromatic rings. The summed E-state index contributed by atoms with van der Waals surface area (Å²) in [6.07, 6.45) is 0.568. The summed E-state index contributed by atoms with van der Waals surface area (Å²) in [4.78, 5) is 0. The Morgan fingerprint density at radius 1 is 1.44 bits per heavy atom. The van der Waals surface area contributed by atoms with Gasteiger partial charge in [0, 0.05) is 6.54 Å². The summed E-state index contributed by atoms with van der Waals surface area (Å²) >= 11 is 0. The minimum atomic E-state index is -3.28. The van der Waals surface area contributed by atoms with E-state index in [0.717, 1.165) is 0 Å². The fourth-order valence-corrected chi connectivity index (χ4v) is 3.39. The van der Waals surface area contributed by atoms with Gasteiger partial charge >= 0.3 is 0 Å². The molecule has 0 spiro atoms. The highest BCUT2D eigenvalue weighted by molar-refractivity contribution is 7.93. The first kappa shape index (κ1) is 12.9. The number of nitrogens with zero attached hydrogens (tertiary/aromatic N) is 1. The Labute approximate surface area is 106 Å². The number of sulfonamides is 1. The Hall–Kier alpha value is -1.58. The summed E-state index contributed by atoms with van der Waals surface area (Å²) in [6, 6.07) is 4.23. The van der Waals surface area contributed by atoms with E-state index in [0.29, 0.717) is 18.7 Å². The summed E-state index contributed by atoms with van der Waals surface area (Å²) in [5.74, 6) is 4.73. The van der Waals surface area contributed by atoms with Crippen LogP contribution in [0.25, 0.3) is 0 Å². The molecule has 1 heterocycles. The van der Waals surface area contributed by atoms with Gasteiger partial charge in [0.25, 0.3) is 0 Å². The van der Waals surface area contributed by atoms with Crippen molar-refractivity contribution in [1.29, 1.82) is 0 Å². The summed E-state index contributed by atoms with van der Waals surface area (Å²) in [5, 5.41) is 0. The maximum Gasteiger partial charge on any atom is 0.235 e. The molecule has 0 aliphatic carbocycles. The molecule has 1 aliphatic rings. The SMILES string of the molecule is NCC#Cc1ccc(N2CCCS2(=O)=O)cc1F. The summed E-state index contributed by atoms with van der Waals surface area (Å²) in [6.45, 7) is 0.553. The van der Waals surface area contributed by atoms with Crippen molar-refractivity contribution >= 4 is 15.7 Å². The van der Waals surface area contributed by atoms with Crippen LogP contribution in [0.5, 0.6) is 0 Å². The van der Waals surface area contributed by atoms with E-state index in [-0.39, 0.29) is 17.9 Å². The minimum Gasteiger partial charge on any atom is -0.320 e. The lowest BCUT2D eigenvalue weighted by atomic mass is 10.2. The van der Waals surface area contributed by atoms with Crippen molar-refractivity contribution in [2.45, 2.75) is 6.42 Å². The van der Waals surface area contributed by atoms with Crippen molar-refractivity contribution in [3.63, 3.8) is 0 Å². The molecule has 6 heteroatoms. The molecule has 0 amide bonds. The fourth-order valence-electron chi connectivity index (χ4n) is 1.84. The summed E-state index contributed by atoms with van der Waals surface area (Å²) in [7, 11) is -3.28. The van der Waals surface area contributed by atoms with E-state index in [1.54, 1.807) is 6.07 Å². The second-order valence-corrected chi connectivity index (χ2v) is 5.92. The zero-order chi connectivity index (χ0) is 13.2. The number of rotatable bonds is 1. The Kier molecular flexibility index (Phi) is 3.55. The van der Waals surface area contributed by atoms with Gasteiger partial charge in [-0.1, -0.05) is 11.8 Å². The first-order valence-corrected chi connectivity index (χ1v) is 7.14. The van der Waals surface area contributed by atoms with Crippen LogP contribution in [0.2, 0.25) is 0 Å². The number of hydrogen-bond acceptors (Lipinski definition) is 3. The lowest BCUT2D eigenvalue weighted by Crippen LogP contribution is -2.25. The lowest BCUT2D eigenvalue weighted by Gasteiger charge is -2.16. The quantitative estimate of drug-likeness (QED) is 0.762. The average molecular weight is 268 g/mol. The number of benzene rings is 1. The fraction of sp³-hybridized carbons (Fsp3) is 0.333. The molecular weight excluding hydrogens is 255 g/mol. The molecule has 18 heavy (non-hydrogen) atoms. The molecule has 2 rings (SSSR count). The van der Waals surface area contributed by atoms with E-state index < -0.39 is 15.8 Å². The van der Waals surface area contributed by atoms with E-state index in [1.165, 1.54) is 16.4 Å². The van der Waals surface area contributed by atoms with Crippen molar-refractivity contribution in [2.24, 2.45) is 5.73 Å². The van der Waals surface area contributed by atoms with Crippen LogP contribution in [0.15, 0.2) is 18.2 Å². The molecule has 96 valence electrons. The maximum atomic E-state index is 13.7. The van der Waals surface area contributed by atoms with Gasteiger partial charge < -0.3 is 5.73 Å². The van der Waals surface area contributed by atoms with Gasteiger partial charge in [-0.25, -0.2) is 12.8 Å². The van der Waals surface area contributed by atoms with Crippen molar-refractivity contribution < 1.29 is 12.8 Å². The van der Waals surface area contributed by atoms with Crippen LogP contribution in [-0.4, -0.2) is 27.3 Å². The molecule has 0 atom stereocenters. The third-order valence-electron chi connectivity index (χ3n) is 2.67. The average Bonchev–Trinajstić information content (AvgIpc) is 2.67. The van der Waals surface area contributed by atoms with Crippen LogP contribution in [0, 0.1) is 17.7 Å². The monoisotopic (exact) mass is 268 g/mol. The largest absolute Gasteiger partial charge is 0.320 e. The van der Waals surface area contributed by atoms with Crippen LogP contribution in [0.3, 0.4) is 0 Å². The number of anilines is 1. The van der Waals surface area contributed by atoms with Gasteiger partial charge in [0.15, 0.2) is 0 Å². The van der Waals surface area contributed by atoms with Crippen LogP contribution in [-0.2, 0) is 10.0 Å². The predicted octanol–water partition coefficient (Wildman–Crippen LogP) is 0.676. The van der Waals surface area contributed by atoms with Crippen molar-refractivity contribution in [3.8, 4) is 11.8 Å². The van der Waals surface area contributed by atoms with Gasteiger partial charge in [0.1, 0.15) is 5.82 Å². The molecule has 1 aliphatic heterocycles. The molecular formula is C12H13FN2O2S. The topological polar surface area (TPSA) is 63.4 Å². The normalized spacial score (nSPS) is 17.3. The van der Waals surface area contributed by atoms with E-state index >= 15 is 0 Å². The summed E-state index contributed by atoms with van der Waals surface area (Å²) in [5.41, 5.74) is 5.78. The van der Waals surface area contributed by atoms with E-state index in [4.69, 9.17) is 5.73 Å². The van der Waals surface area contributed by atoms with Gasteiger partial charge in [-0.05, 0) is 24.6 Å². The lowest BCUT2D eigenvalue weighted by molar-refractivity contribution is 0.599. The minimum absolute atomic E-state index is 0.114. The van der Waals surface area contributed by atoms with Gasteiger partial charge in [0.05, 0.1) is 23.5 Å². The molecule has 1 fully saturated rings. The second-order valence-electron chi connectivity index (χ2n) is 3.91. The van der Waals surface area contributed by atoms with Crippen molar-refractivity contribution in [3.05, 3.63) is 29.6 Å². The van der Waals surface area contributed by atoms with Crippen LogP contribution in [0.4, 0.5) is 10.1 Å². The Bertz CT molecular complexity index is 617. The first-order valence-electron chi connectivity index (χ1n) is 5.53. The molecule has 0 bridgehead atoms. The highest BCUT2D eigenvalue weighted by atomic mass is 32.2. The standard InChI is InChI=1S/C12H13FN2O2S/c13-12-9-11(5-4-10(12)3-1-6-14)15-7-2-8-18(15,16)17/h4-5,9H,2,6-8,14H2. The summed E-state index contributed by atoms with van der Waals surface area (Å²) < 4.78 is 38.3. The van der Waals surface area contributed by atoms with Crippen LogP contribution in [0.1, 0.15) is 12.0 Å². The van der Waals surface area contributed by atoms with Gasteiger partial charge in [-0.15, -0.1) is 0 Å². The third-order valence-corrected chi connectivity index (χ3v) is 4.53. The molecule has 0 radical (unpaired) electrons. The zero-order valence-electron chi connectivity index (χ0n) is 9.69. The molecule has 1 aromatic carbocycles. The van der Waals surface area contributed by atoms with Gasteiger partial charge in [-0.2, -0.15) is 0 Å². The highest BCUT2D eigenvalue weighted by Gasteiger charge is 2.28. The van der Waals surface area contributed by atoms with Crippen LogP contribution >= 0.6 is 0 Å². The molecule has 1 saturated heterocycles. The molecule has 0 aromatic heterocycles. The van der Waals surface area contributed by atoms with E-state index in [2.05, 4.69) is 11.8 Å². The molecule has 2 N–H and O–H groups in total. The van der Waals surface area contributed by atoms with E-state index in [9.17, 15) is 12.8 Å². The van der Waals surface area contributed by atoms with Gasteiger partial charge in [-0.3, -0.25) is 4.31 Å². The van der Waals surface area contributed by atoms with Crippen molar-refractivity contribution in [1.82, 2.24) is 0 Å². The Morgan fingerprint density at radius 2 is 2.22 bits per heavy atom. The van der Waals surface area contributed by atoms with Crippen LogP contribution < -0.4 is 10.0 Å². The van der Waals surface area contributed by atoms with E-state index in [1.807, 2.05) is 0 Å². The molecule has 0 saturated carbocycles.